The third-order valence-corrected chi connectivity index (χ3v) is 7.76. The molecule has 9 nitrogen and oxygen atoms in total. The summed E-state index contributed by atoms with van der Waals surface area (Å²) in [7, 11) is 0. The van der Waals surface area contributed by atoms with E-state index in [0.29, 0.717) is 30.3 Å². The minimum absolute atomic E-state index is 0.0467. The molecule has 1 aromatic heterocycles. The molecule has 1 fully saturated rings. The van der Waals surface area contributed by atoms with Gasteiger partial charge in [0.15, 0.2) is 0 Å². The van der Waals surface area contributed by atoms with Crippen LogP contribution >= 0.6 is 0 Å². The second kappa shape index (κ2) is 10.1. The highest BCUT2D eigenvalue weighted by atomic mass is 19.4. The van der Waals surface area contributed by atoms with Crippen LogP contribution < -0.4 is 5.32 Å². The number of likely N-dealkylation sites (tertiary alicyclic amines) is 1. The van der Waals surface area contributed by atoms with Crippen molar-refractivity contribution in [3.05, 3.63) is 83.2 Å². The number of nitrogens with one attached hydrogen (secondary N) is 2. The number of rotatable bonds is 6. The highest BCUT2D eigenvalue weighted by molar-refractivity contribution is 6.07. The third-order valence-electron chi connectivity index (χ3n) is 7.76. The molecule has 2 aliphatic heterocycles. The molecule has 12 heteroatoms. The Bertz CT molecular complexity index is 1420. The number of aliphatic hydroxyl groups is 1. The Morgan fingerprint density at radius 1 is 1.07 bits per heavy atom. The molecule has 3 heterocycles. The summed E-state index contributed by atoms with van der Waals surface area (Å²) in [6.07, 6.45) is -3.44. The van der Waals surface area contributed by atoms with Crippen LogP contribution in [0.2, 0.25) is 0 Å². The van der Waals surface area contributed by atoms with Crippen molar-refractivity contribution in [2.45, 2.75) is 50.0 Å². The van der Waals surface area contributed by atoms with E-state index in [4.69, 9.17) is 0 Å². The summed E-state index contributed by atoms with van der Waals surface area (Å²) in [5.74, 6) is -2.06. The Labute approximate surface area is 228 Å². The fourth-order valence-electron chi connectivity index (χ4n) is 5.33. The molecule has 210 valence electrons. The van der Waals surface area contributed by atoms with Gasteiger partial charge in [0.2, 0.25) is 11.5 Å². The number of amides is 3. The van der Waals surface area contributed by atoms with Crippen LogP contribution in [0.4, 0.5) is 18.9 Å². The van der Waals surface area contributed by atoms with Crippen LogP contribution in [0.1, 0.15) is 46.9 Å². The molecule has 0 aliphatic carbocycles. The average Bonchev–Trinajstić information content (AvgIpc) is 3.54. The number of carbonyl (C=O) groups excluding carboxylic acids is 3. The minimum atomic E-state index is -5.13. The van der Waals surface area contributed by atoms with E-state index in [1.54, 1.807) is 35.4 Å². The van der Waals surface area contributed by atoms with Gasteiger partial charge in [-0.15, -0.1) is 0 Å². The highest BCUT2D eigenvalue weighted by Crippen LogP contribution is 2.46. The Balaban J connectivity index is 1.40. The number of aromatic amines is 1. The molecule has 1 unspecified atom stereocenters. The van der Waals surface area contributed by atoms with E-state index in [2.05, 4.69) is 15.5 Å². The maximum atomic E-state index is 13.8. The fourth-order valence-corrected chi connectivity index (χ4v) is 5.33. The van der Waals surface area contributed by atoms with Crippen molar-refractivity contribution >= 4 is 23.4 Å². The molecule has 1 saturated heterocycles. The van der Waals surface area contributed by atoms with Crippen LogP contribution in [0.15, 0.2) is 60.8 Å². The Morgan fingerprint density at radius 3 is 2.40 bits per heavy atom. The SMILES string of the molecule is CC(O)(C(=O)N1CCC2(CC1)C(=O)Nc1ccc(C(=O)N(Cc3ccccc3)Cc3ccn[nH]3)cc12)C(F)(F)F. The summed E-state index contributed by atoms with van der Waals surface area (Å²) in [6.45, 7) is 0.712. The number of piperidine rings is 1. The van der Waals surface area contributed by atoms with E-state index >= 15 is 0 Å². The zero-order valence-electron chi connectivity index (χ0n) is 21.7. The van der Waals surface area contributed by atoms with E-state index < -0.39 is 23.1 Å². The normalized spacial score (nSPS) is 17.7. The summed E-state index contributed by atoms with van der Waals surface area (Å²) < 4.78 is 39.7. The zero-order valence-corrected chi connectivity index (χ0v) is 21.7. The van der Waals surface area contributed by atoms with E-state index in [1.165, 1.54) is 0 Å². The first-order chi connectivity index (χ1) is 18.9. The smallest absolute Gasteiger partial charge is 0.373 e. The first-order valence-electron chi connectivity index (χ1n) is 12.8. The van der Waals surface area contributed by atoms with Crippen molar-refractivity contribution in [1.29, 1.82) is 0 Å². The molecule has 40 heavy (non-hydrogen) atoms. The number of H-pyrrole nitrogens is 1. The fraction of sp³-hybridized carbons (Fsp3) is 0.357. The van der Waals surface area contributed by atoms with Gasteiger partial charge in [0.25, 0.3) is 11.8 Å². The predicted molar refractivity (Wildman–Crippen MR) is 138 cm³/mol. The van der Waals surface area contributed by atoms with Gasteiger partial charge in [-0.05, 0) is 55.2 Å². The standard InChI is InChI=1S/C28H28F3N5O4/c1-26(40,28(29,30)31)25(39)35-13-10-27(11-14-35)21-15-19(7-8-22(21)33-24(27)38)23(37)36(17-20-9-12-32-34-20)16-18-5-3-2-4-6-18/h2-9,12,15,40H,10-11,13-14,16-17H2,1H3,(H,32,34)(H,33,38). The monoisotopic (exact) mass is 555 g/mol. The van der Waals surface area contributed by atoms with Gasteiger partial charge in [-0.2, -0.15) is 18.3 Å². The molecule has 1 spiro atoms. The molecule has 5 rings (SSSR count). The maximum Gasteiger partial charge on any atom is 0.426 e. The number of hydrogen-bond donors (Lipinski definition) is 3. The summed E-state index contributed by atoms with van der Waals surface area (Å²) in [4.78, 5) is 42.0. The Kier molecular flexibility index (Phi) is 6.90. The van der Waals surface area contributed by atoms with Crippen LogP contribution in [-0.4, -0.2) is 67.7 Å². The van der Waals surface area contributed by atoms with Crippen LogP contribution in [0.3, 0.4) is 0 Å². The van der Waals surface area contributed by atoms with Gasteiger partial charge in [-0.3, -0.25) is 19.5 Å². The molecule has 0 radical (unpaired) electrons. The van der Waals surface area contributed by atoms with Crippen molar-refractivity contribution in [2.24, 2.45) is 0 Å². The number of benzene rings is 2. The van der Waals surface area contributed by atoms with Crippen LogP contribution in [0.5, 0.6) is 0 Å². The van der Waals surface area contributed by atoms with Crippen molar-refractivity contribution < 1.29 is 32.7 Å². The zero-order chi connectivity index (χ0) is 28.7. The topological polar surface area (TPSA) is 119 Å². The average molecular weight is 556 g/mol. The van der Waals surface area contributed by atoms with E-state index in [9.17, 15) is 32.7 Å². The number of nitrogens with zero attached hydrogens (tertiary/aromatic N) is 3. The van der Waals surface area contributed by atoms with Gasteiger partial charge in [0.1, 0.15) is 0 Å². The Hall–Kier alpha value is -4.19. The maximum absolute atomic E-state index is 13.8. The molecule has 3 N–H and O–H groups in total. The lowest BCUT2D eigenvalue weighted by Gasteiger charge is -2.40. The summed E-state index contributed by atoms with van der Waals surface area (Å²) in [5.41, 5.74) is -1.53. The molecule has 0 saturated carbocycles. The van der Waals surface area contributed by atoms with Crippen LogP contribution in [0.25, 0.3) is 0 Å². The number of alkyl halides is 3. The number of aromatic nitrogens is 2. The third kappa shape index (κ3) is 4.83. The number of fused-ring (bicyclic) bond motifs is 2. The van der Waals surface area contributed by atoms with Crippen molar-refractivity contribution in [3.63, 3.8) is 0 Å². The summed E-state index contributed by atoms with van der Waals surface area (Å²) >= 11 is 0. The lowest BCUT2D eigenvalue weighted by Crippen LogP contribution is -2.59. The van der Waals surface area contributed by atoms with Gasteiger partial charge in [-0.25, -0.2) is 0 Å². The van der Waals surface area contributed by atoms with E-state index in [0.717, 1.165) is 16.2 Å². The predicted octanol–water partition coefficient (Wildman–Crippen LogP) is 3.38. The number of hydrogen-bond acceptors (Lipinski definition) is 5. The first kappa shape index (κ1) is 27.4. The van der Waals surface area contributed by atoms with Crippen LogP contribution in [-0.2, 0) is 28.1 Å². The second-order valence-electron chi connectivity index (χ2n) is 10.4. The van der Waals surface area contributed by atoms with E-state index in [1.807, 2.05) is 30.3 Å². The van der Waals surface area contributed by atoms with Crippen LogP contribution in [0, 0.1) is 0 Å². The molecule has 3 aromatic rings. The van der Waals surface area contributed by atoms with Crippen molar-refractivity contribution in [2.75, 3.05) is 18.4 Å². The molecule has 2 aromatic carbocycles. The lowest BCUT2D eigenvalue weighted by molar-refractivity contribution is -0.250. The molecular weight excluding hydrogens is 527 g/mol. The number of carbonyl (C=O) groups is 3. The largest absolute Gasteiger partial charge is 0.426 e. The highest BCUT2D eigenvalue weighted by Gasteiger charge is 2.58. The van der Waals surface area contributed by atoms with Gasteiger partial charge in [-0.1, -0.05) is 30.3 Å². The van der Waals surface area contributed by atoms with E-state index in [-0.39, 0.29) is 44.3 Å². The summed E-state index contributed by atoms with van der Waals surface area (Å²) in [5, 5.41) is 19.5. The molecule has 1 atom stereocenters. The molecular formula is C28H28F3N5O4. The Morgan fingerprint density at radius 2 is 1.77 bits per heavy atom. The van der Waals surface area contributed by atoms with Gasteiger partial charge >= 0.3 is 6.18 Å². The second-order valence-corrected chi connectivity index (χ2v) is 10.4. The van der Waals surface area contributed by atoms with Gasteiger partial charge < -0.3 is 20.2 Å². The minimum Gasteiger partial charge on any atom is -0.373 e. The van der Waals surface area contributed by atoms with Gasteiger partial charge in [0.05, 0.1) is 17.7 Å². The van der Waals surface area contributed by atoms with Crippen molar-refractivity contribution in [3.8, 4) is 0 Å². The van der Waals surface area contributed by atoms with Crippen molar-refractivity contribution in [1.82, 2.24) is 20.0 Å². The first-order valence-corrected chi connectivity index (χ1v) is 12.8. The lowest BCUT2D eigenvalue weighted by atomic mass is 9.73. The molecule has 2 aliphatic rings. The van der Waals surface area contributed by atoms with Gasteiger partial charge in [0, 0.05) is 37.1 Å². The molecule has 0 bridgehead atoms. The number of halogens is 3. The summed E-state index contributed by atoms with van der Waals surface area (Å²) in [6, 6.07) is 16.2. The molecule has 3 amide bonds. The number of anilines is 1. The quantitative estimate of drug-likeness (QED) is 0.431.